The lowest BCUT2D eigenvalue weighted by Crippen LogP contribution is -2.58. The van der Waals surface area contributed by atoms with E-state index in [4.69, 9.17) is 0 Å². The molecule has 2 bridgehead atoms. The molecule has 4 nitrogen and oxygen atoms in total. The number of hydrogen-bond donors (Lipinski definition) is 0. The van der Waals surface area contributed by atoms with Gasteiger partial charge in [-0.25, -0.2) is 0 Å². The van der Waals surface area contributed by atoms with Crippen molar-refractivity contribution in [2.24, 2.45) is 10.8 Å². The van der Waals surface area contributed by atoms with Crippen molar-refractivity contribution in [3.8, 4) is 0 Å². The molecule has 0 aromatic carbocycles. The Kier molecular flexibility index (Phi) is 4.74. The molecule has 0 N–H and O–H groups in total. The molecule has 1 aliphatic carbocycles. The topological polar surface area (TPSA) is 13.0 Å². The van der Waals surface area contributed by atoms with E-state index in [2.05, 4.69) is 61.3 Å². The summed E-state index contributed by atoms with van der Waals surface area (Å²) >= 11 is 0. The van der Waals surface area contributed by atoms with E-state index in [0.717, 1.165) is 12.1 Å². The van der Waals surface area contributed by atoms with Crippen molar-refractivity contribution in [1.29, 1.82) is 0 Å². The predicted molar refractivity (Wildman–Crippen MR) is 110 cm³/mol. The summed E-state index contributed by atoms with van der Waals surface area (Å²) in [6.07, 6.45) is 4.24. The first-order chi connectivity index (χ1) is 12.1. The zero-order chi connectivity index (χ0) is 18.7. The van der Waals surface area contributed by atoms with Crippen molar-refractivity contribution in [2.45, 2.75) is 71.5 Å². The van der Waals surface area contributed by atoms with Gasteiger partial charge in [-0.2, -0.15) is 0 Å². The monoisotopic (exact) mass is 362 g/mol. The molecule has 1 saturated carbocycles. The highest BCUT2D eigenvalue weighted by Crippen LogP contribution is 2.45. The van der Waals surface area contributed by atoms with Gasteiger partial charge in [0.25, 0.3) is 0 Å². The molecule has 4 fully saturated rings. The van der Waals surface area contributed by atoms with Crippen LogP contribution in [-0.2, 0) is 0 Å². The Morgan fingerprint density at radius 1 is 0.885 bits per heavy atom. The van der Waals surface area contributed by atoms with Crippen LogP contribution < -0.4 is 0 Å². The molecular formula is C22H42N4. The quantitative estimate of drug-likeness (QED) is 0.745. The van der Waals surface area contributed by atoms with Gasteiger partial charge < -0.3 is 4.90 Å². The molecule has 2 atom stereocenters. The Hall–Kier alpha value is -0.160. The van der Waals surface area contributed by atoms with Gasteiger partial charge in [-0.1, -0.05) is 34.6 Å². The van der Waals surface area contributed by atoms with Crippen molar-refractivity contribution in [3.63, 3.8) is 0 Å². The fourth-order valence-electron chi connectivity index (χ4n) is 6.01. The van der Waals surface area contributed by atoms with Gasteiger partial charge in [0.15, 0.2) is 0 Å². The smallest absolute Gasteiger partial charge is 0.0338 e. The molecule has 150 valence electrons. The Morgan fingerprint density at radius 2 is 1.62 bits per heavy atom. The van der Waals surface area contributed by atoms with Gasteiger partial charge in [0.1, 0.15) is 0 Å². The lowest BCUT2D eigenvalue weighted by atomic mass is 9.90. The highest BCUT2D eigenvalue weighted by atomic mass is 15.4. The molecule has 4 rings (SSSR count). The molecule has 3 aliphatic heterocycles. The molecule has 4 heteroatoms. The highest BCUT2D eigenvalue weighted by Gasteiger charge is 2.52. The maximum Gasteiger partial charge on any atom is 0.0338 e. The van der Waals surface area contributed by atoms with E-state index in [0.29, 0.717) is 16.4 Å². The predicted octanol–water partition coefficient (Wildman–Crippen LogP) is 2.60. The van der Waals surface area contributed by atoms with Gasteiger partial charge in [0, 0.05) is 70.0 Å². The van der Waals surface area contributed by atoms with E-state index in [1.54, 1.807) is 0 Å². The molecule has 0 amide bonds. The summed E-state index contributed by atoms with van der Waals surface area (Å²) in [7, 11) is 2.30. The Bertz CT molecular complexity index is 517. The molecule has 1 spiro atoms. The van der Waals surface area contributed by atoms with Gasteiger partial charge in [-0.3, -0.25) is 14.7 Å². The number of likely N-dealkylation sites (tertiary alicyclic amines) is 2. The van der Waals surface area contributed by atoms with Crippen LogP contribution in [0.5, 0.6) is 0 Å². The maximum atomic E-state index is 2.83. The molecule has 3 heterocycles. The Balaban J connectivity index is 1.31. The lowest BCUT2D eigenvalue weighted by Gasteiger charge is -2.47. The highest BCUT2D eigenvalue weighted by molar-refractivity contribution is 5.09. The number of piperazine rings is 2. The first kappa shape index (κ1) is 19.2. The number of rotatable bonds is 5. The van der Waals surface area contributed by atoms with E-state index in [1.807, 2.05) is 0 Å². The van der Waals surface area contributed by atoms with Crippen LogP contribution in [0.2, 0.25) is 0 Å². The zero-order valence-electron chi connectivity index (χ0n) is 18.2. The molecule has 26 heavy (non-hydrogen) atoms. The second kappa shape index (κ2) is 6.43. The third-order valence-electron chi connectivity index (χ3n) is 7.28. The maximum absolute atomic E-state index is 2.83. The minimum absolute atomic E-state index is 0.394. The van der Waals surface area contributed by atoms with Crippen LogP contribution >= 0.6 is 0 Å². The van der Waals surface area contributed by atoms with Crippen LogP contribution in [0.3, 0.4) is 0 Å². The minimum atomic E-state index is 0.394. The second-order valence-corrected chi connectivity index (χ2v) is 12.0. The largest absolute Gasteiger partial charge is 0.301 e. The van der Waals surface area contributed by atoms with E-state index < -0.39 is 0 Å². The van der Waals surface area contributed by atoms with Crippen LogP contribution in [0.25, 0.3) is 0 Å². The minimum Gasteiger partial charge on any atom is -0.301 e. The summed E-state index contributed by atoms with van der Waals surface area (Å²) in [5.74, 6) is 0. The molecule has 2 unspecified atom stereocenters. The van der Waals surface area contributed by atoms with Crippen LogP contribution in [0, 0.1) is 10.8 Å². The van der Waals surface area contributed by atoms with Crippen LogP contribution in [-0.4, -0.2) is 96.6 Å². The molecule has 3 saturated heterocycles. The van der Waals surface area contributed by atoms with Crippen LogP contribution in [0.1, 0.15) is 53.9 Å². The fourth-order valence-corrected chi connectivity index (χ4v) is 6.01. The Morgan fingerprint density at radius 3 is 2.15 bits per heavy atom. The van der Waals surface area contributed by atoms with Gasteiger partial charge in [-0.15, -0.1) is 0 Å². The SMILES string of the molecule is CN1CC2CC1CN2CC(C)(C)CN1CCN(CC(C)(C)C)C2(CC2)C1. The molecule has 4 aliphatic rings. The first-order valence-electron chi connectivity index (χ1n) is 11.0. The van der Waals surface area contributed by atoms with Crippen molar-refractivity contribution >= 4 is 0 Å². The first-order valence-corrected chi connectivity index (χ1v) is 11.0. The number of fused-ring (bicyclic) bond motifs is 2. The Labute approximate surface area is 161 Å². The van der Waals surface area contributed by atoms with Crippen LogP contribution in [0.4, 0.5) is 0 Å². The van der Waals surface area contributed by atoms with E-state index in [9.17, 15) is 0 Å². The normalized spacial score (nSPS) is 33.5. The summed E-state index contributed by atoms with van der Waals surface area (Å²) in [6.45, 7) is 22.4. The van der Waals surface area contributed by atoms with E-state index in [-0.39, 0.29) is 0 Å². The zero-order valence-corrected chi connectivity index (χ0v) is 18.2. The van der Waals surface area contributed by atoms with Gasteiger partial charge in [-0.05, 0) is 37.1 Å². The average molecular weight is 363 g/mol. The van der Waals surface area contributed by atoms with Gasteiger partial charge in [0.2, 0.25) is 0 Å². The number of nitrogens with zero attached hydrogens (tertiary/aromatic N) is 4. The third-order valence-corrected chi connectivity index (χ3v) is 7.28. The molecule has 0 radical (unpaired) electrons. The van der Waals surface area contributed by atoms with Crippen molar-refractivity contribution in [1.82, 2.24) is 19.6 Å². The van der Waals surface area contributed by atoms with Crippen LogP contribution in [0.15, 0.2) is 0 Å². The third kappa shape index (κ3) is 3.99. The van der Waals surface area contributed by atoms with Crippen molar-refractivity contribution in [2.75, 3.05) is 59.4 Å². The summed E-state index contributed by atoms with van der Waals surface area (Å²) in [5, 5.41) is 0. The second-order valence-electron chi connectivity index (χ2n) is 12.0. The number of hydrogen-bond acceptors (Lipinski definition) is 4. The standard InChI is InChI=1S/C22H42N4/c1-20(2,3)14-26-10-9-24(17-22(26)7-8-22)15-21(4,5)16-25-13-18-11-19(25)12-23(18)6/h18-19H,7-17H2,1-6H3. The summed E-state index contributed by atoms with van der Waals surface area (Å²) < 4.78 is 0. The summed E-state index contributed by atoms with van der Waals surface area (Å²) in [5.41, 5.74) is 1.33. The fraction of sp³-hybridized carbons (Fsp3) is 1.00. The van der Waals surface area contributed by atoms with Gasteiger partial charge in [0.05, 0.1) is 0 Å². The molecular weight excluding hydrogens is 320 g/mol. The molecule has 0 aromatic heterocycles. The summed E-state index contributed by atoms with van der Waals surface area (Å²) in [4.78, 5) is 11.0. The van der Waals surface area contributed by atoms with E-state index >= 15 is 0 Å². The van der Waals surface area contributed by atoms with Crippen molar-refractivity contribution < 1.29 is 0 Å². The lowest BCUT2D eigenvalue weighted by molar-refractivity contribution is 0.0102. The molecule has 0 aromatic rings. The van der Waals surface area contributed by atoms with Gasteiger partial charge >= 0.3 is 0 Å². The summed E-state index contributed by atoms with van der Waals surface area (Å²) in [6, 6.07) is 1.65. The average Bonchev–Trinajstić information content (AvgIpc) is 3.01. The van der Waals surface area contributed by atoms with E-state index in [1.165, 1.54) is 71.6 Å². The van der Waals surface area contributed by atoms with Crippen molar-refractivity contribution in [3.05, 3.63) is 0 Å². The number of likely N-dealkylation sites (N-methyl/N-ethyl adjacent to an activating group) is 1.